The Bertz CT molecular complexity index is 1490. The van der Waals surface area contributed by atoms with E-state index in [4.69, 9.17) is 4.98 Å². The summed E-state index contributed by atoms with van der Waals surface area (Å²) in [5, 5.41) is 0. The molecule has 6 nitrogen and oxygen atoms in total. The molecule has 2 aliphatic heterocycles. The Morgan fingerprint density at radius 3 is 2.56 bits per heavy atom. The van der Waals surface area contributed by atoms with Gasteiger partial charge in [0.15, 0.2) is 0 Å². The average Bonchev–Trinajstić information content (AvgIpc) is 3.32. The first-order valence-corrected chi connectivity index (χ1v) is 14.8. The monoisotopic (exact) mass is 585 g/mol. The Kier molecular flexibility index (Phi) is 7.45. The third-order valence-corrected chi connectivity index (χ3v) is 8.92. The van der Waals surface area contributed by atoms with Gasteiger partial charge in [0.05, 0.1) is 23.5 Å². The summed E-state index contributed by atoms with van der Waals surface area (Å²) in [5.41, 5.74) is 7.17. The van der Waals surface area contributed by atoms with Gasteiger partial charge in [-0.25, -0.2) is 4.98 Å². The third kappa shape index (κ3) is 5.35. The lowest BCUT2D eigenvalue weighted by Gasteiger charge is -2.40. The number of likely N-dealkylation sites (tertiary alicyclic amines) is 1. The van der Waals surface area contributed by atoms with E-state index in [-0.39, 0.29) is 5.92 Å². The van der Waals surface area contributed by atoms with Crippen LogP contribution in [0.3, 0.4) is 0 Å². The summed E-state index contributed by atoms with van der Waals surface area (Å²) in [4.78, 5) is 25.6. The zero-order valence-electron chi connectivity index (χ0n) is 22.8. The van der Waals surface area contributed by atoms with Crippen LogP contribution < -0.4 is 4.90 Å². The summed E-state index contributed by atoms with van der Waals surface area (Å²) in [6, 6.07) is 23.2. The number of hydrogen-bond donors (Lipinski definition) is 0. The number of fused-ring (bicyclic) bond motifs is 1. The number of imidazole rings is 1. The Hall–Kier alpha value is -3.16. The van der Waals surface area contributed by atoms with Crippen molar-refractivity contribution in [2.45, 2.75) is 33.2 Å². The topological polar surface area (TPSA) is 44.6 Å². The first-order valence-electron chi connectivity index (χ1n) is 14.0. The standard InChI is InChI=1S/C32H36BrN5O/c1-23-8-5-14-29(24(23)2)36-16-18-37(19-17-36)32(39)25-9-7-15-35(21-25)22-31-34-28-12-3-4-13-30(28)38(31)27-11-6-10-26(33)20-27/h3-6,8,10-14,20,25H,7,9,15-19,21-22H2,1-2H3/t25-/m0/s1. The molecule has 0 bridgehead atoms. The van der Waals surface area contributed by atoms with Crippen LogP contribution in [0.15, 0.2) is 71.2 Å². The van der Waals surface area contributed by atoms with E-state index in [2.05, 4.69) is 104 Å². The summed E-state index contributed by atoms with van der Waals surface area (Å²) >= 11 is 3.63. The van der Waals surface area contributed by atoms with Crippen molar-refractivity contribution >= 4 is 38.6 Å². The number of carbonyl (C=O) groups excluding carboxylic acids is 1. The molecule has 39 heavy (non-hydrogen) atoms. The van der Waals surface area contributed by atoms with Gasteiger partial charge in [0, 0.05) is 48.6 Å². The smallest absolute Gasteiger partial charge is 0.227 e. The molecule has 1 aromatic heterocycles. The van der Waals surface area contributed by atoms with Crippen molar-refractivity contribution in [3.05, 3.63) is 88.2 Å². The molecular weight excluding hydrogens is 550 g/mol. The van der Waals surface area contributed by atoms with Crippen molar-refractivity contribution in [1.82, 2.24) is 19.4 Å². The summed E-state index contributed by atoms with van der Waals surface area (Å²) in [5.74, 6) is 1.39. The molecule has 2 saturated heterocycles. The van der Waals surface area contributed by atoms with Gasteiger partial charge in [0.2, 0.25) is 5.91 Å². The fourth-order valence-corrected chi connectivity index (χ4v) is 6.58. The van der Waals surface area contributed by atoms with Crippen molar-refractivity contribution in [2.75, 3.05) is 44.2 Å². The van der Waals surface area contributed by atoms with E-state index in [9.17, 15) is 4.79 Å². The third-order valence-electron chi connectivity index (χ3n) is 8.42. The molecule has 1 amide bonds. The molecule has 2 aliphatic rings. The van der Waals surface area contributed by atoms with Crippen LogP contribution in [0.1, 0.15) is 29.8 Å². The highest BCUT2D eigenvalue weighted by molar-refractivity contribution is 9.10. The largest absolute Gasteiger partial charge is 0.368 e. The lowest BCUT2D eigenvalue weighted by molar-refractivity contribution is -0.137. The fraction of sp³-hybridized carbons (Fsp3) is 0.375. The molecule has 6 rings (SSSR count). The maximum absolute atomic E-state index is 13.6. The zero-order chi connectivity index (χ0) is 26.9. The summed E-state index contributed by atoms with van der Waals surface area (Å²) in [6.07, 6.45) is 2.00. The zero-order valence-corrected chi connectivity index (χ0v) is 24.4. The van der Waals surface area contributed by atoms with Gasteiger partial charge in [-0.05, 0) is 80.8 Å². The second-order valence-electron chi connectivity index (χ2n) is 10.9. The Balaban J connectivity index is 1.14. The number of hydrogen-bond acceptors (Lipinski definition) is 4. The van der Waals surface area contributed by atoms with Crippen molar-refractivity contribution in [2.24, 2.45) is 5.92 Å². The van der Waals surface area contributed by atoms with Crippen LogP contribution in [0.2, 0.25) is 0 Å². The maximum atomic E-state index is 13.6. The molecule has 0 spiro atoms. The normalized spacial score (nSPS) is 18.6. The Labute approximate surface area is 239 Å². The van der Waals surface area contributed by atoms with Gasteiger partial charge in [-0.3, -0.25) is 14.3 Å². The second kappa shape index (κ2) is 11.1. The van der Waals surface area contributed by atoms with Crippen LogP contribution >= 0.6 is 15.9 Å². The minimum Gasteiger partial charge on any atom is -0.368 e. The molecule has 0 N–H and O–H groups in total. The molecule has 202 valence electrons. The first-order chi connectivity index (χ1) is 19.0. The Morgan fingerprint density at radius 1 is 0.949 bits per heavy atom. The number of rotatable bonds is 5. The van der Waals surface area contributed by atoms with Crippen molar-refractivity contribution < 1.29 is 4.79 Å². The minimum absolute atomic E-state index is 0.0507. The Morgan fingerprint density at radius 2 is 1.74 bits per heavy atom. The van der Waals surface area contributed by atoms with Crippen molar-refractivity contribution in [3.63, 3.8) is 0 Å². The van der Waals surface area contributed by atoms with Gasteiger partial charge in [-0.15, -0.1) is 0 Å². The van der Waals surface area contributed by atoms with Crippen LogP contribution in [0.5, 0.6) is 0 Å². The molecule has 4 aromatic rings. The van der Waals surface area contributed by atoms with E-state index >= 15 is 0 Å². The second-order valence-corrected chi connectivity index (χ2v) is 11.9. The predicted molar refractivity (Wildman–Crippen MR) is 161 cm³/mol. The number of amides is 1. The summed E-state index contributed by atoms with van der Waals surface area (Å²) in [6.45, 7) is 10.2. The molecule has 0 saturated carbocycles. The van der Waals surface area contributed by atoms with Gasteiger partial charge in [-0.2, -0.15) is 0 Å². The number of piperazine rings is 1. The van der Waals surface area contributed by atoms with Crippen LogP contribution in [0.4, 0.5) is 5.69 Å². The van der Waals surface area contributed by atoms with Crippen LogP contribution in [-0.4, -0.2) is 64.5 Å². The van der Waals surface area contributed by atoms with Crippen molar-refractivity contribution in [3.8, 4) is 5.69 Å². The van der Waals surface area contributed by atoms with Gasteiger partial charge < -0.3 is 9.80 Å². The minimum atomic E-state index is 0.0507. The number of aromatic nitrogens is 2. The quantitative estimate of drug-likeness (QED) is 0.289. The molecule has 7 heteroatoms. The van der Waals surface area contributed by atoms with Crippen molar-refractivity contribution in [1.29, 1.82) is 0 Å². The first kappa shape index (κ1) is 26.1. The number of benzene rings is 3. The van der Waals surface area contributed by atoms with Crippen LogP contribution in [-0.2, 0) is 11.3 Å². The van der Waals surface area contributed by atoms with Gasteiger partial charge in [-0.1, -0.05) is 46.3 Å². The SMILES string of the molecule is Cc1cccc(N2CCN(C(=O)[C@H]3CCCN(Cc4nc5ccccc5n4-c4cccc(Br)c4)C3)CC2)c1C. The highest BCUT2D eigenvalue weighted by atomic mass is 79.9. The van der Waals surface area contributed by atoms with E-state index in [0.717, 1.165) is 85.7 Å². The number of anilines is 1. The lowest BCUT2D eigenvalue weighted by atomic mass is 9.96. The number of para-hydroxylation sites is 2. The molecule has 0 aliphatic carbocycles. The van der Waals surface area contributed by atoms with E-state index in [1.165, 1.54) is 16.8 Å². The number of piperidine rings is 1. The van der Waals surface area contributed by atoms with Gasteiger partial charge >= 0.3 is 0 Å². The molecular formula is C32H36BrN5O. The highest BCUT2D eigenvalue weighted by Crippen LogP contribution is 2.28. The molecule has 3 aromatic carbocycles. The highest BCUT2D eigenvalue weighted by Gasteiger charge is 2.32. The average molecular weight is 587 g/mol. The molecule has 0 unspecified atom stereocenters. The number of carbonyl (C=O) groups is 1. The molecule has 2 fully saturated rings. The lowest BCUT2D eigenvalue weighted by Crippen LogP contribution is -2.52. The van der Waals surface area contributed by atoms with E-state index < -0.39 is 0 Å². The molecule has 1 atom stereocenters. The fourth-order valence-electron chi connectivity index (χ4n) is 6.19. The number of aryl methyl sites for hydroxylation is 1. The summed E-state index contributed by atoms with van der Waals surface area (Å²) in [7, 11) is 0. The number of nitrogens with zero attached hydrogens (tertiary/aromatic N) is 5. The van der Waals surface area contributed by atoms with E-state index in [0.29, 0.717) is 5.91 Å². The predicted octanol–water partition coefficient (Wildman–Crippen LogP) is 5.97. The van der Waals surface area contributed by atoms with Crippen LogP contribution in [0.25, 0.3) is 16.7 Å². The van der Waals surface area contributed by atoms with Crippen LogP contribution in [0, 0.1) is 19.8 Å². The molecule has 3 heterocycles. The number of halogens is 1. The molecule has 0 radical (unpaired) electrons. The maximum Gasteiger partial charge on any atom is 0.227 e. The van der Waals surface area contributed by atoms with E-state index in [1.54, 1.807) is 0 Å². The van der Waals surface area contributed by atoms with E-state index in [1.807, 2.05) is 12.1 Å². The van der Waals surface area contributed by atoms with Gasteiger partial charge in [0.1, 0.15) is 5.82 Å². The van der Waals surface area contributed by atoms with Gasteiger partial charge in [0.25, 0.3) is 0 Å². The summed E-state index contributed by atoms with van der Waals surface area (Å²) < 4.78 is 3.31.